The van der Waals surface area contributed by atoms with Crippen molar-refractivity contribution in [2.24, 2.45) is 0 Å². The van der Waals surface area contributed by atoms with Crippen molar-refractivity contribution in [3.05, 3.63) is 89.8 Å². The molecule has 0 unspecified atom stereocenters. The van der Waals surface area contributed by atoms with E-state index in [-0.39, 0.29) is 24.1 Å². The van der Waals surface area contributed by atoms with E-state index in [4.69, 9.17) is 9.47 Å². The third kappa shape index (κ3) is 7.80. The van der Waals surface area contributed by atoms with Gasteiger partial charge < -0.3 is 19.3 Å². The number of unbranched alkanes of at least 4 members (excludes halogenated alkanes) is 2. The summed E-state index contributed by atoms with van der Waals surface area (Å²) in [6, 6.07) is 20.0. The van der Waals surface area contributed by atoms with Crippen LogP contribution in [-0.2, 0) is 9.59 Å². The van der Waals surface area contributed by atoms with Crippen LogP contribution in [0.2, 0.25) is 0 Å². The minimum atomic E-state index is -0.327. The zero-order chi connectivity index (χ0) is 28.6. The molecule has 0 aromatic heterocycles. The van der Waals surface area contributed by atoms with Crippen LogP contribution in [0, 0.1) is 5.82 Å². The van der Waals surface area contributed by atoms with Gasteiger partial charge in [0.15, 0.2) is 0 Å². The summed E-state index contributed by atoms with van der Waals surface area (Å²) in [5.41, 5.74) is 1.74. The first kappa shape index (κ1) is 28.5. The fraction of sp³-hybridized carbons (Fsp3) is 0.333. The van der Waals surface area contributed by atoms with E-state index in [0.29, 0.717) is 29.4 Å². The first-order chi connectivity index (χ1) is 19.9. The third-order valence-electron chi connectivity index (χ3n) is 7.42. The van der Waals surface area contributed by atoms with E-state index in [0.717, 1.165) is 56.9 Å². The van der Waals surface area contributed by atoms with Crippen molar-refractivity contribution in [1.29, 1.82) is 0 Å². The maximum absolute atomic E-state index is 13.1. The molecule has 5 rings (SSSR count). The van der Waals surface area contributed by atoms with Crippen LogP contribution < -0.4 is 14.4 Å². The van der Waals surface area contributed by atoms with Gasteiger partial charge in [0.25, 0.3) is 5.91 Å². The number of piperazine rings is 1. The largest absolute Gasteiger partial charge is 0.494 e. The number of halogens is 1. The summed E-state index contributed by atoms with van der Waals surface area (Å²) in [6.07, 6.45) is 5.06. The van der Waals surface area contributed by atoms with Crippen molar-refractivity contribution in [3.63, 3.8) is 0 Å². The van der Waals surface area contributed by atoms with Crippen molar-refractivity contribution in [1.82, 2.24) is 9.80 Å². The van der Waals surface area contributed by atoms with Gasteiger partial charge in [-0.3, -0.25) is 9.59 Å². The van der Waals surface area contributed by atoms with Gasteiger partial charge in [-0.15, -0.1) is 0 Å². The van der Waals surface area contributed by atoms with E-state index in [1.807, 2.05) is 24.3 Å². The maximum Gasteiger partial charge on any atom is 0.261 e. The summed E-state index contributed by atoms with van der Waals surface area (Å²) < 4.78 is 24.7. The van der Waals surface area contributed by atoms with Crippen LogP contribution in [0.1, 0.15) is 31.2 Å². The Morgan fingerprint density at radius 2 is 1.41 bits per heavy atom. The molecule has 0 radical (unpaired) electrons. The lowest BCUT2D eigenvalue weighted by molar-refractivity contribution is -0.120. The molecule has 7 nitrogen and oxygen atoms in total. The molecule has 0 aliphatic carbocycles. The Morgan fingerprint density at radius 1 is 0.780 bits per heavy atom. The zero-order valence-electron chi connectivity index (χ0n) is 23.4. The van der Waals surface area contributed by atoms with E-state index in [1.165, 1.54) is 23.5 Å². The summed E-state index contributed by atoms with van der Waals surface area (Å²) in [7, 11) is 2.17. The molecule has 0 atom stereocenters. The van der Waals surface area contributed by atoms with Crippen molar-refractivity contribution in [2.75, 3.05) is 51.3 Å². The number of hydrogen-bond acceptors (Lipinski definition) is 6. The normalized spacial score (nSPS) is 17.4. The minimum Gasteiger partial charge on any atom is -0.494 e. The summed E-state index contributed by atoms with van der Waals surface area (Å²) in [4.78, 5) is 31.9. The number of nitrogens with zero attached hydrogens (tertiary/aromatic N) is 3. The van der Waals surface area contributed by atoms with E-state index in [9.17, 15) is 14.0 Å². The molecule has 214 valence electrons. The molecule has 0 bridgehead atoms. The Balaban J connectivity index is 1.09. The van der Waals surface area contributed by atoms with Crippen LogP contribution >= 0.6 is 0 Å². The highest BCUT2D eigenvalue weighted by Gasteiger charge is 2.34. The molecule has 0 saturated carbocycles. The SMILES string of the molecule is CN1CCN(CCCCCOc2ccc(N3C(=O)CC(=Cc4ccc(Oc5ccc(F)cc5)cc4)C3=O)cc2)CC1. The molecule has 3 aromatic carbocycles. The molecule has 2 aliphatic heterocycles. The predicted molar refractivity (Wildman–Crippen MR) is 158 cm³/mol. The molecule has 2 heterocycles. The average Bonchev–Trinajstić information content (AvgIpc) is 3.26. The molecule has 41 heavy (non-hydrogen) atoms. The van der Waals surface area contributed by atoms with E-state index >= 15 is 0 Å². The number of amides is 2. The van der Waals surface area contributed by atoms with Gasteiger partial charge in [-0.1, -0.05) is 12.1 Å². The molecule has 2 amide bonds. The number of benzene rings is 3. The van der Waals surface area contributed by atoms with E-state index in [2.05, 4.69) is 16.8 Å². The van der Waals surface area contributed by atoms with Gasteiger partial charge in [-0.05, 0) is 105 Å². The lowest BCUT2D eigenvalue weighted by Crippen LogP contribution is -2.44. The summed E-state index contributed by atoms with van der Waals surface area (Å²) >= 11 is 0. The second kappa shape index (κ2) is 13.6. The Labute approximate surface area is 240 Å². The number of ether oxygens (including phenoxy) is 2. The summed E-state index contributed by atoms with van der Waals surface area (Å²) in [6.45, 7) is 6.40. The second-order valence-electron chi connectivity index (χ2n) is 10.6. The third-order valence-corrected chi connectivity index (χ3v) is 7.42. The van der Waals surface area contributed by atoms with Gasteiger partial charge in [0, 0.05) is 31.8 Å². The molecule has 2 aliphatic rings. The molecule has 0 spiro atoms. The second-order valence-corrected chi connectivity index (χ2v) is 10.6. The lowest BCUT2D eigenvalue weighted by Gasteiger charge is -2.32. The minimum absolute atomic E-state index is 0.0407. The highest BCUT2D eigenvalue weighted by atomic mass is 19.1. The van der Waals surface area contributed by atoms with Gasteiger partial charge in [0.2, 0.25) is 5.91 Å². The first-order valence-electron chi connectivity index (χ1n) is 14.2. The smallest absolute Gasteiger partial charge is 0.261 e. The number of rotatable bonds is 11. The molecular formula is C33H36FN3O4. The molecular weight excluding hydrogens is 521 g/mol. The lowest BCUT2D eigenvalue weighted by atomic mass is 10.1. The van der Waals surface area contributed by atoms with Crippen molar-refractivity contribution >= 4 is 23.6 Å². The average molecular weight is 558 g/mol. The van der Waals surface area contributed by atoms with Crippen LogP contribution in [0.15, 0.2) is 78.4 Å². The summed E-state index contributed by atoms with van der Waals surface area (Å²) in [5, 5.41) is 0. The van der Waals surface area contributed by atoms with Crippen LogP contribution in [0.4, 0.5) is 10.1 Å². The molecule has 8 heteroatoms. The maximum atomic E-state index is 13.1. The number of hydrogen-bond donors (Lipinski definition) is 0. The van der Waals surface area contributed by atoms with Crippen LogP contribution in [0.3, 0.4) is 0 Å². The van der Waals surface area contributed by atoms with Gasteiger partial charge in [0.05, 0.1) is 18.7 Å². The van der Waals surface area contributed by atoms with Gasteiger partial charge in [-0.2, -0.15) is 0 Å². The van der Waals surface area contributed by atoms with Crippen LogP contribution in [-0.4, -0.2) is 68.0 Å². The number of anilines is 1. The Bertz CT molecular complexity index is 1350. The van der Waals surface area contributed by atoms with Gasteiger partial charge >= 0.3 is 0 Å². The standard InChI is InChI=1S/C33H36FN3O4/c1-35-18-20-36(21-19-35)17-3-2-4-22-40-29-15-9-28(10-16-29)37-32(38)24-26(33(37)39)23-25-5-11-30(12-6-25)41-31-13-7-27(34)8-14-31/h5-16,23H,2-4,17-22,24H2,1H3. The van der Waals surface area contributed by atoms with Crippen molar-refractivity contribution in [2.45, 2.75) is 25.7 Å². The van der Waals surface area contributed by atoms with Gasteiger partial charge in [0.1, 0.15) is 23.1 Å². The first-order valence-corrected chi connectivity index (χ1v) is 14.2. The molecule has 2 saturated heterocycles. The summed E-state index contributed by atoms with van der Waals surface area (Å²) in [5.74, 6) is 0.930. The van der Waals surface area contributed by atoms with E-state index in [1.54, 1.807) is 42.5 Å². The van der Waals surface area contributed by atoms with Crippen molar-refractivity contribution in [3.8, 4) is 17.2 Å². The fourth-order valence-corrected chi connectivity index (χ4v) is 4.99. The fourth-order valence-electron chi connectivity index (χ4n) is 4.99. The van der Waals surface area contributed by atoms with E-state index < -0.39 is 0 Å². The Morgan fingerprint density at radius 3 is 2.10 bits per heavy atom. The van der Waals surface area contributed by atoms with Gasteiger partial charge in [-0.25, -0.2) is 9.29 Å². The number of carbonyl (C=O) groups is 2. The number of carbonyl (C=O) groups excluding carboxylic acids is 2. The Hall–Kier alpha value is -4.01. The predicted octanol–water partition coefficient (Wildman–Crippen LogP) is 5.76. The van der Waals surface area contributed by atoms with Crippen LogP contribution in [0.5, 0.6) is 17.2 Å². The highest BCUT2D eigenvalue weighted by Crippen LogP contribution is 2.30. The number of imide groups is 1. The van der Waals surface area contributed by atoms with Crippen LogP contribution in [0.25, 0.3) is 6.08 Å². The quantitative estimate of drug-likeness (QED) is 0.170. The molecule has 3 aromatic rings. The van der Waals surface area contributed by atoms with Crippen molar-refractivity contribution < 1.29 is 23.5 Å². The topological polar surface area (TPSA) is 62.3 Å². The Kier molecular flexibility index (Phi) is 9.44. The highest BCUT2D eigenvalue weighted by molar-refractivity contribution is 6.29. The molecule has 0 N–H and O–H groups in total. The monoisotopic (exact) mass is 557 g/mol. The number of likely N-dealkylation sites (N-methyl/N-ethyl adjacent to an activating group) is 1. The molecule has 2 fully saturated rings. The zero-order valence-corrected chi connectivity index (χ0v) is 23.4.